The predicted octanol–water partition coefficient (Wildman–Crippen LogP) is 3.64. The molecule has 2 aromatic rings. The molecule has 0 fully saturated rings. The van der Waals surface area contributed by atoms with Crippen LogP contribution in [0.25, 0.3) is 11.0 Å². The SMILES string of the molecule is C=CCC(CC=C)(Oc1ccc(Cl)c2nccnc12)C(=O)O. The normalized spacial score (nSPS) is 11.1. The lowest BCUT2D eigenvalue weighted by atomic mass is 9.95. The number of hydrogen-bond acceptors (Lipinski definition) is 4. The van der Waals surface area contributed by atoms with Gasteiger partial charge in [0.05, 0.1) is 5.02 Å². The molecule has 0 atom stereocenters. The summed E-state index contributed by atoms with van der Waals surface area (Å²) in [5, 5.41) is 10.0. The summed E-state index contributed by atoms with van der Waals surface area (Å²) < 4.78 is 5.81. The van der Waals surface area contributed by atoms with Gasteiger partial charge in [0.1, 0.15) is 16.8 Å². The number of benzene rings is 1. The van der Waals surface area contributed by atoms with Gasteiger partial charge in [0, 0.05) is 25.2 Å². The number of carboxylic acids is 1. The number of fused-ring (bicyclic) bond motifs is 1. The Bertz CT molecular complexity index is 720. The van der Waals surface area contributed by atoms with Crippen molar-refractivity contribution >= 4 is 28.6 Å². The Balaban J connectivity index is 2.55. The van der Waals surface area contributed by atoms with Gasteiger partial charge < -0.3 is 9.84 Å². The van der Waals surface area contributed by atoms with E-state index in [-0.39, 0.29) is 12.8 Å². The third kappa shape index (κ3) is 2.94. The summed E-state index contributed by atoms with van der Waals surface area (Å²) in [6, 6.07) is 3.19. The van der Waals surface area contributed by atoms with Crippen molar-refractivity contribution in [1.82, 2.24) is 9.97 Å². The third-order valence-electron chi connectivity index (χ3n) is 3.18. The van der Waals surface area contributed by atoms with Crippen molar-refractivity contribution in [3.63, 3.8) is 0 Å². The van der Waals surface area contributed by atoms with Crippen molar-refractivity contribution in [2.24, 2.45) is 0 Å². The molecule has 1 aromatic carbocycles. The van der Waals surface area contributed by atoms with Crippen molar-refractivity contribution < 1.29 is 14.6 Å². The molecule has 0 saturated carbocycles. The van der Waals surface area contributed by atoms with Crippen molar-refractivity contribution in [3.8, 4) is 5.75 Å². The van der Waals surface area contributed by atoms with Gasteiger partial charge in [-0.25, -0.2) is 9.78 Å². The van der Waals surface area contributed by atoms with Crippen molar-refractivity contribution in [2.75, 3.05) is 0 Å². The number of hydrogen-bond donors (Lipinski definition) is 1. The highest BCUT2D eigenvalue weighted by molar-refractivity contribution is 6.35. The number of rotatable bonds is 7. The first-order valence-electron chi connectivity index (χ1n) is 6.57. The third-order valence-corrected chi connectivity index (χ3v) is 3.49. The van der Waals surface area contributed by atoms with Crippen LogP contribution in [0.1, 0.15) is 12.8 Å². The van der Waals surface area contributed by atoms with Crippen LogP contribution in [0.4, 0.5) is 0 Å². The van der Waals surface area contributed by atoms with Crippen LogP contribution in [0.3, 0.4) is 0 Å². The van der Waals surface area contributed by atoms with Gasteiger partial charge in [-0.05, 0) is 12.1 Å². The fourth-order valence-corrected chi connectivity index (χ4v) is 2.35. The molecular weight excluding hydrogens is 304 g/mol. The number of aliphatic carboxylic acids is 1. The molecule has 1 N–H and O–H groups in total. The van der Waals surface area contributed by atoms with Gasteiger partial charge in [-0.3, -0.25) is 4.98 Å². The maximum Gasteiger partial charge on any atom is 0.348 e. The molecule has 2 rings (SSSR count). The van der Waals surface area contributed by atoms with Gasteiger partial charge in [-0.1, -0.05) is 23.8 Å². The highest BCUT2D eigenvalue weighted by Gasteiger charge is 2.39. The minimum atomic E-state index is -1.48. The molecule has 0 aliphatic carbocycles. The topological polar surface area (TPSA) is 72.3 Å². The monoisotopic (exact) mass is 318 g/mol. The second kappa shape index (κ2) is 6.58. The standard InChI is InChI=1S/C16H15ClN2O3/c1-3-7-16(8-4-2,15(20)21)22-12-6-5-11(17)13-14(12)19-10-9-18-13/h3-6,9-10H,1-2,7-8H2,(H,20,21). The Morgan fingerprint density at radius 1 is 1.23 bits per heavy atom. The maximum absolute atomic E-state index is 11.7. The summed E-state index contributed by atoms with van der Waals surface area (Å²) in [4.78, 5) is 20.1. The van der Waals surface area contributed by atoms with Gasteiger partial charge in [-0.2, -0.15) is 0 Å². The number of halogens is 1. The highest BCUT2D eigenvalue weighted by Crippen LogP contribution is 2.33. The molecule has 0 radical (unpaired) electrons. The Kier molecular flexibility index (Phi) is 4.78. The molecule has 5 nitrogen and oxygen atoms in total. The average molecular weight is 319 g/mol. The fourth-order valence-electron chi connectivity index (χ4n) is 2.14. The van der Waals surface area contributed by atoms with E-state index in [4.69, 9.17) is 16.3 Å². The van der Waals surface area contributed by atoms with Crippen LogP contribution in [0.15, 0.2) is 49.8 Å². The van der Waals surface area contributed by atoms with E-state index < -0.39 is 11.6 Å². The molecule has 1 heterocycles. The first-order valence-corrected chi connectivity index (χ1v) is 6.95. The largest absolute Gasteiger partial charge is 0.478 e. The molecule has 0 spiro atoms. The van der Waals surface area contributed by atoms with Crippen molar-refractivity contribution in [3.05, 3.63) is 54.9 Å². The van der Waals surface area contributed by atoms with Crippen molar-refractivity contribution in [1.29, 1.82) is 0 Å². The predicted molar refractivity (Wildman–Crippen MR) is 85.2 cm³/mol. The quantitative estimate of drug-likeness (QED) is 0.789. The van der Waals surface area contributed by atoms with E-state index in [0.29, 0.717) is 21.8 Å². The van der Waals surface area contributed by atoms with Gasteiger partial charge in [-0.15, -0.1) is 13.2 Å². The first-order chi connectivity index (χ1) is 10.5. The highest BCUT2D eigenvalue weighted by atomic mass is 35.5. The molecule has 0 aliphatic heterocycles. The number of carbonyl (C=O) groups is 1. The van der Waals surface area contributed by atoms with Gasteiger partial charge in [0.25, 0.3) is 0 Å². The number of carboxylic acid groups (broad SMARTS) is 1. The zero-order valence-corrected chi connectivity index (χ0v) is 12.6. The first kappa shape index (κ1) is 16.0. The number of aromatic nitrogens is 2. The van der Waals surface area contributed by atoms with Crippen LogP contribution in [0.2, 0.25) is 5.02 Å². The Morgan fingerprint density at radius 2 is 1.82 bits per heavy atom. The van der Waals surface area contributed by atoms with Crippen molar-refractivity contribution in [2.45, 2.75) is 18.4 Å². The molecule has 1 aromatic heterocycles. The van der Waals surface area contributed by atoms with Crippen LogP contribution in [-0.4, -0.2) is 26.6 Å². The Hall–Kier alpha value is -2.40. The summed E-state index contributed by atoms with van der Waals surface area (Å²) in [5.74, 6) is -0.794. The van der Waals surface area contributed by atoms with E-state index in [1.807, 2.05) is 0 Å². The zero-order chi connectivity index (χ0) is 16.2. The smallest absolute Gasteiger partial charge is 0.348 e. The molecular formula is C16H15ClN2O3. The lowest BCUT2D eigenvalue weighted by molar-refractivity contribution is -0.154. The number of ether oxygens (including phenoxy) is 1. The van der Waals surface area contributed by atoms with Crippen LogP contribution >= 0.6 is 11.6 Å². The van der Waals surface area contributed by atoms with Crippen LogP contribution in [0.5, 0.6) is 5.75 Å². The van der Waals surface area contributed by atoms with E-state index in [0.717, 1.165) is 0 Å². The fraction of sp³-hybridized carbons (Fsp3) is 0.188. The molecule has 22 heavy (non-hydrogen) atoms. The molecule has 0 bridgehead atoms. The van der Waals surface area contributed by atoms with Crippen LogP contribution in [-0.2, 0) is 4.79 Å². The molecule has 6 heteroatoms. The Morgan fingerprint density at radius 3 is 2.36 bits per heavy atom. The summed E-state index contributed by atoms with van der Waals surface area (Å²) in [5.41, 5.74) is -0.617. The van der Waals surface area contributed by atoms with E-state index in [1.165, 1.54) is 24.5 Å². The molecule has 0 amide bonds. The lowest BCUT2D eigenvalue weighted by Gasteiger charge is -2.28. The minimum absolute atomic E-state index is 0.124. The van der Waals surface area contributed by atoms with Gasteiger partial charge >= 0.3 is 5.97 Å². The minimum Gasteiger partial charge on any atom is -0.478 e. The van der Waals surface area contributed by atoms with E-state index in [1.54, 1.807) is 12.1 Å². The van der Waals surface area contributed by atoms with Gasteiger partial charge in [0.2, 0.25) is 5.60 Å². The molecule has 114 valence electrons. The van der Waals surface area contributed by atoms with Gasteiger partial charge in [0.15, 0.2) is 0 Å². The second-order valence-corrected chi connectivity index (χ2v) is 5.09. The summed E-state index contributed by atoms with van der Waals surface area (Å²) in [6.45, 7) is 7.20. The molecule has 0 aliphatic rings. The zero-order valence-electron chi connectivity index (χ0n) is 11.8. The van der Waals surface area contributed by atoms with Crippen LogP contribution < -0.4 is 4.74 Å². The number of nitrogens with zero attached hydrogens (tertiary/aromatic N) is 2. The maximum atomic E-state index is 11.7. The van der Waals surface area contributed by atoms with E-state index in [9.17, 15) is 9.90 Å². The molecule has 0 saturated heterocycles. The summed E-state index contributed by atoms with van der Waals surface area (Å²) >= 11 is 6.08. The summed E-state index contributed by atoms with van der Waals surface area (Å²) in [7, 11) is 0. The Labute approximate surface area is 132 Å². The lowest BCUT2D eigenvalue weighted by Crippen LogP contribution is -2.44. The average Bonchev–Trinajstić information content (AvgIpc) is 2.50. The molecule has 0 unspecified atom stereocenters. The van der Waals surface area contributed by atoms with E-state index in [2.05, 4.69) is 23.1 Å². The van der Waals surface area contributed by atoms with Crippen LogP contribution in [0, 0.1) is 0 Å². The van der Waals surface area contributed by atoms with E-state index >= 15 is 0 Å². The second-order valence-electron chi connectivity index (χ2n) is 4.69. The summed E-state index contributed by atoms with van der Waals surface area (Å²) in [6.07, 6.45) is 6.26.